The summed E-state index contributed by atoms with van der Waals surface area (Å²) in [6.07, 6.45) is 1.57. The number of β-amino-alcohol motifs (C(OH)–C–C–N with tert-alkyl or cyclic N) is 1. The van der Waals surface area contributed by atoms with Crippen molar-refractivity contribution in [2.24, 2.45) is 0 Å². The smallest absolute Gasteiger partial charge is 0.161 e. The van der Waals surface area contributed by atoms with Gasteiger partial charge in [0, 0.05) is 30.5 Å². The van der Waals surface area contributed by atoms with E-state index in [9.17, 15) is 5.11 Å². The minimum atomic E-state index is -0.471. The Labute approximate surface area is 141 Å². The first kappa shape index (κ1) is 15.2. The van der Waals surface area contributed by atoms with E-state index in [1.54, 1.807) is 0 Å². The molecular formula is C19H22N4O. The first-order valence-corrected chi connectivity index (χ1v) is 8.32. The van der Waals surface area contributed by atoms with Gasteiger partial charge >= 0.3 is 0 Å². The average Bonchev–Trinajstić information content (AvgIpc) is 2.89. The molecule has 3 heterocycles. The lowest BCUT2D eigenvalue weighted by atomic mass is 9.96. The molecule has 124 valence electrons. The normalized spacial score (nSPS) is 20.0. The quantitative estimate of drug-likeness (QED) is 0.693. The predicted octanol–water partition coefficient (Wildman–Crippen LogP) is 2.57. The summed E-state index contributed by atoms with van der Waals surface area (Å²) in [7, 11) is 0. The maximum atomic E-state index is 10.5. The van der Waals surface area contributed by atoms with Crippen LogP contribution in [0.1, 0.15) is 28.6 Å². The number of anilines is 1. The molecule has 0 saturated heterocycles. The molecule has 24 heavy (non-hydrogen) atoms. The third-order valence-corrected chi connectivity index (χ3v) is 4.88. The third-order valence-electron chi connectivity index (χ3n) is 4.88. The molecule has 5 heteroatoms. The van der Waals surface area contributed by atoms with E-state index in [4.69, 9.17) is 4.98 Å². The van der Waals surface area contributed by atoms with E-state index in [-0.39, 0.29) is 6.04 Å². The Kier molecular flexibility index (Phi) is 3.75. The number of nitrogens with zero attached hydrogens (tertiary/aromatic N) is 2. The van der Waals surface area contributed by atoms with Crippen molar-refractivity contribution in [3.05, 3.63) is 65.1 Å². The van der Waals surface area contributed by atoms with Gasteiger partial charge in [-0.05, 0) is 25.5 Å². The Morgan fingerprint density at radius 3 is 2.83 bits per heavy atom. The first-order chi connectivity index (χ1) is 11.6. The second-order valence-corrected chi connectivity index (χ2v) is 6.41. The van der Waals surface area contributed by atoms with Crippen molar-refractivity contribution in [3.63, 3.8) is 0 Å². The van der Waals surface area contributed by atoms with Gasteiger partial charge in [-0.3, -0.25) is 0 Å². The minimum absolute atomic E-state index is 0.108. The molecule has 0 bridgehead atoms. The van der Waals surface area contributed by atoms with E-state index < -0.39 is 6.10 Å². The van der Waals surface area contributed by atoms with Gasteiger partial charge in [0.05, 0.1) is 23.5 Å². The van der Waals surface area contributed by atoms with Gasteiger partial charge in [-0.2, -0.15) is 0 Å². The lowest BCUT2D eigenvalue weighted by Crippen LogP contribution is -2.40. The summed E-state index contributed by atoms with van der Waals surface area (Å²) in [6.45, 7) is 5.34. The van der Waals surface area contributed by atoms with Crippen molar-refractivity contribution < 1.29 is 5.11 Å². The van der Waals surface area contributed by atoms with Gasteiger partial charge in [0.1, 0.15) is 0 Å². The van der Waals surface area contributed by atoms with Gasteiger partial charge in [-0.15, -0.1) is 0 Å². The van der Waals surface area contributed by atoms with E-state index in [1.807, 2.05) is 31.3 Å². The number of pyridine rings is 1. The van der Waals surface area contributed by atoms with E-state index in [0.717, 1.165) is 34.8 Å². The van der Waals surface area contributed by atoms with Crippen LogP contribution < -0.4 is 10.6 Å². The van der Waals surface area contributed by atoms with Gasteiger partial charge in [-0.25, -0.2) is 4.98 Å². The zero-order valence-electron chi connectivity index (χ0n) is 14.0. The highest BCUT2D eigenvalue weighted by atomic mass is 16.3. The molecule has 0 saturated carbocycles. The van der Waals surface area contributed by atoms with Crippen molar-refractivity contribution >= 4 is 11.3 Å². The molecule has 0 amide bonds. The Morgan fingerprint density at radius 1 is 1.25 bits per heavy atom. The molecule has 0 aliphatic carbocycles. The maximum Gasteiger partial charge on any atom is 0.161 e. The van der Waals surface area contributed by atoms with Crippen molar-refractivity contribution in [1.82, 2.24) is 14.7 Å². The van der Waals surface area contributed by atoms with Gasteiger partial charge in [0.15, 0.2) is 5.65 Å². The number of fused-ring (bicyclic) bond motifs is 3. The SMILES string of the molecule is Cc1nc2c3c(ccn2c1C)[C@@H](NCc1ccccc1)[C@@H](O)CN3. The number of nitrogens with one attached hydrogen (secondary N) is 2. The number of hydrogen-bond acceptors (Lipinski definition) is 4. The van der Waals surface area contributed by atoms with E-state index in [2.05, 4.69) is 40.2 Å². The summed E-state index contributed by atoms with van der Waals surface area (Å²) in [5.74, 6) is 0. The summed E-state index contributed by atoms with van der Waals surface area (Å²) < 4.78 is 2.10. The summed E-state index contributed by atoms with van der Waals surface area (Å²) in [5, 5.41) is 17.3. The fraction of sp³-hybridized carbons (Fsp3) is 0.316. The zero-order chi connectivity index (χ0) is 16.7. The second-order valence-electron chi connectivity index (χ2n) is 6.41. The van der Waals surface area contributed by atoms with Gasteiger partial charge in [0.2, 0.25) is 0 Å². The van der Waals surface area contributed by atoms with Crippen LogP contribution in [-0.4, -0.2) is 27.1 Å². The number of imidazole rings is 1. The number of hydrogen-bond donors (Lipinski definition) is 3. The summed E-state index contributed by atoms with van der Waals surface area (Å²) in [4.78, 5) is 4.69. The van der Waals surface area contributed by atoms with Crippen LogP contribution in [-0.2, 0) is 6.54 Å². The molecule has 0 radical (unpaired) electrons. The van der Waals surface area contributed by atoms with E-state index in [0.29, 0.717) is 6.54 Å². The minimum Gasteiger partial charge on any atom is -0.389 e. The monoisotopic (exact) mass is 322 g/mol. The van der Waals surface area contributed by atoms with Gasteiger partial charge in [-0.1, -0.05) is 30.3 Å². The van der Waals surface area contributed by atoms with Gasteiger partial charge in [0.25, 0.3) is 0 Å². The summed E-state index contributed by atoms with van der Waals surface area (Å²) in [6, 6.07) is 12.2. The summed E-state index contributed by atoms with van der Waals surface area (Å²) in [5.41, 5.74) is 6.41. The van der Waals surface area contributed by atoms with Crippen LogP contribution in [0.25, 0.3) is 5.65 Å². The van der Waals surface area contributed by atoms with Crippen LogP contribution in [0.3, 0.4) is 0 Å². The number of aryl methyl sites for hydroxylation is 2. The number of aliphatic hydroxyl groups is 1. The predicted molar refractivity (Wildman–Crippen MR) is 95.2 cm³/mol. The molecule has 1 aliphatic heterocycles. The lowest BCUT2D eigenvalue weighted by molar-refractivity contribution is 0.134. The topological polar surface area (TPSA) is 61.6 Å². The van der Waals surface area contributed by atoms with Crippen LogP contribution in [0, 0.1) is 13.8 Å². The van der Waals surface area contributed by atoms with E-state index >= 15 is 0 Å². The first-order valence-electron chi connectivity index (χ1n) is 8.32. The number of aliphatic hydroxyl groups excluding tert-OH is 1. The maximum absolute atomic E-state index is 10.5. The van der Waals surface area contributed by atoms with Crippen molar-refractivity contribution in [1.29, 1.82) is 0 Å². The molecule has 0 unspecified atom stereocenters. The highest BCUT2D eigenvalue weighted by molar-refractivity contribution is 5.74. The molecule has 1 aromatic carbocycles. The fourth-order valence-electron chi connectivity index (χ4n) is 3.39. The molecule has 2 atom stereocenters. The fourth-order valence-corrected chi connectivity index (χ4v) is 3.39. The van der Waals surface area contributed by atoms with Crippen LogP contribution in [0.2, 0.25) is 0 Å². The molecule has 1 aliphatic rings. The van der Waals surface area contributed by atoms with Crippen LogP contribution in [0.15, 0.2) is 42.6 Å². The second kappa shape index (κ2) is 5.92. The third kappa shape index (κ3) is 2.46. The molecule has 0 fully saturated rings. The molecule has 3 N–H and O–H groups in total. The Morgan fingerprint density at radius 2 is 2.04 bits per heavy atom. The lowest BCUT2D eigenvalue weighted by Gasteiger charge is -2.32. The number of rotatable bonds is 3. The molecule has 0 spiro atoms. The Bertz CT molecular complexity index is 872. The highest BCUT2D eigenvalue weighted by Crippen LogP contribution is 2.34. The van der Waals surface area contributed by atoms with Crippen LogP contribution >= 0.6 is 0 Å². The van der Waals surface area contributed by atoms with Crippen molar-refractivity contribution in [2.45, 2.75) is 32.5 Å². The summed E-state index contributed by atoms with van der Waals surface area (Å²) >= 11 is 0. The van der Waals surface area contributed by atoms with Crippen LogP contribution in [0.4, 0.5) is 5.69 Å². The van der Waals surface area contributed by atoms with Crippen molar-refractivity contribution in [3.8, 4) is 0 Å². The van der Waals surface area contributed by atoms with Crippen molar-refractivity contribution in [2.75, 3.05) is 11.9 Å². The Balaban J connectivity index is 1.69. The van der Waals surface area contributed by atoms with Gasteiger partial charge < -0.3 is 20.1 Å². The number of aromatic nitrogens is 2. The van der Waals surface area contributed by atoms with Crippen LogP contribution in [0.5, 0.6) is 0 Å². The molecule has 2 aromatic heterocycles. The Hall–Kier alpha value is -2.37. The van der Waals surface area contributed by atoms with E-state index in [1.165, 1.54) is 5.56 Å². The largest absolute Gasteiger partial charge is 0.389 e. The molecular weight excluding hydrogens is 300 g/mol. The number of benzene rings is 1. The molecule has 5 nitrogen and oxygen atoms in total. The molecule has 3 aromatic rings. The average molecular weight is 322 g/mol. The highest BCUT2D eigenvalue weighted by Gasteiger charge is 2.29. The molecule has 4 rings (SSSR count). The standard InChI is InChI=1S/C19H22N4O/c1-12-13(2)23-9-8-15-17(20-10-14-6-4-3-5-7-14)16(24)11-21-18(15)19(23)22-12/h3-9,16-17,20-21,24H,10-11H2,1-2H3/t16-,17+/m0/s1. The zero-order valence-corrected chi connectivity index (χ0v) is 14.0.